The second-order valence-electron chi connectivity index (χ2n) is 4.36. The standard InChI is InChI=1S/C15H17NO/c1-11(2)12-4-6-13(7-5-12)14-8-9-16-15(10-14)17-3/h4-11H,1-3H3. The van der Waals surface area contributed by atoms with Gasteiger partial charge in [-0.3, -0.25) is 0 Å². The van der Waals surface area contributed by atoms with Crippen molar-refractivity contribution in [1.82, 2.24) is 4.98 Å². The highest BCUT2D eigenvalue weighted by atomic mass is 16.5. The van der Waals surface area contributed by atoms with Crippen LogP contribution in [-0.4, -0.2) is 12.1 Å². The Morgan fingerprint density at radius 2 is 1.71 bits per heavy atom. The molecule has 0 aliphatic rings. The van der Waals surface area contributed by atoms with Crippen molar-refractivity contribution >= 4 is 0 Å². The van der Waals surface area contributed by atoms with E-state index in [2.05, 4.69) is 43.1 Å². The van der Waals surface area contributed by atoms with Gasteiger partial charge in [-0.25, -0.2) is 4.98 Å². The molecule has 0 bridgehead atoms. The zero-order chi connectivity index (χ0) is 12.3. The molecule has 0 amide bonds. The third-order valence-electron chi connectivity index (χ3n) is 2.85. The second kappa shape index (κ2) is 5.00. The first-order valence-corrected chi connectivity index (χ1v) is 5.81. The summed E-state index contributed by atoms with van der Waals surface area (Å²) in [5.41, 5.74) is 3.68. The first-order valence-electron chi connectivity index (χ1n) is 5.81. The van der Waals surface area contributed by atoms with Gasteiger partial charge in [0.1, 0.15) is 0 Å². The van der Waals surface area contributed by atoms with Gasteiger partial charge in [-0.2, -0.15) is 0 Å². The van der Waals surface area contributed by atoms with Crippen molar-refractivity contribution in [2.24, 2.45) is 0 Å². The third kappa shape index (κ3) is 2.64. The molecule has 0 radical (unpaired) electrons. The van der Waals surface area contributed by atoms with E-state index >= 15 is 0 Å². The van der Waals surface area contributed by atoms with Crippen LogP contribution >= 0.6 is 0 Å². The normalized spacial score (nSPS) is 10.6. The van der Waals surface area contributed by atoms with E-state index < -0.39 is 0 Å². The van der Waals surface area contributed by atoms with Crippen molar-refractivity contribution < 1.29 is 4.74 Å². The summed E-state index contributed by atoms with van der Waals surface area (Å²) in [5, 5.41) is 0. The molecular formula is C15H17NO. The molecular weight excluding hydrogens is 210 g/mol. The fraction of sp³-hybridized carbons (Fsp3) is 0.267. The van der Waals surface area contributed by atoms with Gasteiger partial charge >= 0.3 is 0 Å². The molecule has 0 fully saturated rings. The molecule has 0 aliphatic carbocycles. The molecule has 0 spiro atoms. The van der Waals surface area contributed by atoms with Gasteiger partial charge in [-0.05, 0) is 28.7 Å². The van der Waals surface area contributed by atoms with E-state index in [4.69, 9.17) is 4.74 Å². The van der Waals surface area contributed by atoms with Crippen LogP contribution in [0.4, 0.5) is 0 Å². The largest absolute Gasteiger partial charge is 0.481 e. The molecule has 17 heavy (non-hydrogen) atoms. The average Bonchev–Trinajstić information content (AvgIpc) is 2.39. The second-order valence-corrected chi connectivity index (χ2v) is 4.36. The SMILES string of the molecule is COc1cc(-c2ccc(C(C)C)cc2)ccn1. The van der Waals surface area contributed by atoms with Crippen molar-refractivity contribution in [1.29, 1.82) is 0 Å². The number of ether oxygens (including phenoxy) is 1. The van der Waals surface area contributed by atoms with Crippen LogP contribution in [0.25, 0.3) is 11.1 Å². The number of aromatic nitrogens is 1. The van der Waals surface area contributed by atoms with Gasteiger partial charge in [0.05, 0.1) is 7.11 Å². The summed E-state index contributed by atoms with van der Waals surface area (Å²) in [6.45, 7) is 4.40. The Morgan fingerprint density at radius 1 is 1.00 bits per heavy atom. The van der Waals surface area contributed by atoms with E-state index in [-0.39, 0.29) is 0 Å². The van der Waals surface area contributed by atoms with Crippen molar-refractivity contribution in [2.75, 3.05) is 7.11 Å². The Bertz CT molecular complexity index is 489. The minimum absolute atomic E-state index is 0.566. The van der Waals surface area contributed by atoms with E-state index in [0.29, 0.717) is 11.8 Å². The van der Waals surface area contributed by atoms with Crippen LogP contribution in [-0.2, 0) is 0 Å². The van der Waals surface area contributed by atoms with Crippen LogP contribution in [0, 0.1) is 0 Å². The van der Waals surface area contributed by atoms with Gasteiger partial charge in [0.25, 0.3) is 0 Å². The number of hydrogen-bond donors (Lipinski definition) is 0. The topological polar surface area (TPSA) is 22.1 Å². The lowest BCUT2D eigenvalue weighted by molar-refractivity contribution is 0.398. The van der Waals surface area contributed by atoms with Gasteiger partial charge in [0.2, 0.25) is 5.88 Å². The van der Waals surface area contributed by atoms with E-state index in [9.17, 15) is 0 Å². The van der Waals surface area contributed by atoms with Gasteiger partial charge < -0.3 is 4.74 Å². The summed E-state index contributed by atoms with van der Waals surface area (Å²) in [6, 6.07) is 12.6. The number of benzene rings is 1. The highest BCUT2D eigenvalue weighted by Gasteiger charge is 2.02. The number of methoxy groups -OCH3 is 1. The lowest BCUT2D eigenvalue weighted by Crippen LogP contribution is -1.89. The molecule has 0 aliphatic heterocycles. The number of hydrogen-bond acceptors (Lipinski definition) is 2. The Kier molecular flexibility index (Phi) is 3.43. The van der Waals surface area contributed by atoms with Gasteiger partial charge in [-0.15, -0.1) is 0 Å². The predicted octanol–water partition coefficient (Wildman–Crippen LogP) is 3.88. The maximum Gasteiger partial charge on any atom is 0.213 e. The monoisotopic (exact) mass is 227 g/mol. The van der Waals surface area contributed by atoms with Crippen LogP contribution in [0.2, 0.25) is 0 Å². The zero-order valence-corrected chi connectivity index (χ0v) is 10.5. The van der Waals surface area contributed by atoms with E-state index in [1.165, 1.54) is 11.1 Å². The van der Waals surface area contributed by atoms with Gasteiger partial charge in [0.15, 0.2) is 0 Å². The Balaban J connectivity index is 2.32. The molecule has 1 heterocycles. The van der Waals surface area contributed by atoms with Crippen LogP contribution < -0.4 is 4.74 Å². The minimum atomic E-state index is 0.566. The Labute approximate surface area is 102 Å². The Morgan fingerprint density at radius 3 is 2.29 bits per heavy atom. The average molecular weight is 227 g/mol. The van der Waals surface area contributed by atoms with Crippen LogP contribution in [0.1, 0.15) is 25.3 Å². The van der Waals surface area contributed by atoms with Gasteiger partial charge in [-0.1, -0.05) is 38.1 Å². The molecule has 2 nitrogen and oxygen atoms in total. The number of pyridine rings is 1. The lowest BCUT2D eigenvalue weighted by atomic mass is 9.99. The Hall–Kier alpha value is -1.83. The van der Waals surface area contributed by atoms with E-state index in [0.717, 1.165) is 5.56 Å². The number of nitrogens with zero attached hydrogens (tertiary/aromatic N) is 1. The molecule has 0 unspecified atom stereocenters. The zero-order valence-electron chi connectivity index (χ0n) is 10.5. The van der Waals surface area contributed by atoms with E-state index in [1.807, 2.05) is 12.1 Å². The maximum atomic E-state index is 5.13. The summed E-state index contributed by atoms with van der Waals surface area (Å²) in [5.74, 6) is 1.21. The predicted molar refractivity (Wildman–Crippen MR) is 70.3 cm³/mol. The summed E-state index contributed by atoms with van der Waals surface area (Å²) >= 11 is 0. The lowest BCUT2D eigenvalue weighted by Gasteiger charge is -2.07. The maximum absolute atomic E-state index is 5.13. The smallest absolute Gasteiger partial charge is 0.213 e. The molecule has 0 N–H and O–H groups in total. The van der Waals surface area contributed by atoms with Crippen molar-refractivity contribution in [3.63, 3.8) is 0 Å². The molecule has 0 saturated heterocycles. The van der Waals surface area contributed by atoms with Crippen molar-refractivity contribution in [3.8, 4) is 17.0 Å². The molecule has 0 saturated carbocycles. The summed E-state index contributed by atoms with van der Waals surface area (Å²) < 4.78 is 5.13. The molecule has 2 aromatic rings. The minimum Gasteiger partial charge on any atom is -0.481 e. The van der Waals surface area contributed by atoms with Crippen LogP contribution in [0.5, 0.6) is 5.88 Å². The summed E-state index contributed by atoms with van der Waals surface area (Å²) in [4.78, 5) is 4.11. The highest BCUT2D eigenvalue weighted by Crippen LogP contribution is 2.24. The highest BCUT2D eigenvalue weighted by molar-refractivity contribution is 5.64. The van der Waals surface area contributed by atoms with Crippen molar-refractivity contribution in [3.05, 3.63) is 48.2 Å². The molecule has 88 valence electrons. The molecule has 1 aromatic carbocycles. The molecule has 2 rings (SSSR count). The quantitative estimate of drug-likeness (QED) is 0.793. The molecule has 2 heteroatoms. The fourth-order valence-electron chi connectivity index (χ4n) is 1.76. The van der Waals surface area contributed by atoms with Crippen LogP contribution in [0.3, 0.4) is 0 Å². The third-order valence-corrected chi connectivity index (χ3v) is 2.85. The number of rotatable bonds is 3. The summed E-state index contributed by atoms with van der Waals surface area (Å²) in [7, 11) is 1.63. The van der Waals surface area contributed by atoms with Crippen molar-refractivity contribution in [2.45, 2.75) is 19.8 Å². The first kappa shape index (κ1) is 11.6. The van der Waals surface area contributed by atoms with Gasteiger partial charge in [0, 0.05) is 12.3 Å². The molecule has 1 aromatic heterocycles. The fourth-order valence-corrected chi connectivity index (χ4v) is 1.76. The van der Waals surface area contributed by atoms with E-state index in [1.54, 1.807) is 13.3 Å². The molecule has 0 atom stereocenters. The van der Waals surface area contributed by atoms with Crippen LogP contribution in [0.15, 0.2) is 42.6 Å². The first-order chi connectivity index (χ1) is 8.20. The summed E-state index contributed by atoms with van der Waals surface area (Å²) in [6.07, 6.45) is 1.77.